The lowest BCUT2D eigenvalue weighted by Gasteiger charge is -1.99. The fraction of sp³-hybridized carbons (Fsp3) is 0.200. The standard InChI is InChI=1S/C10H8F3N3/c1-6-8(7-4-2-3-5-14-7)16-9(15-6)10(11,12)13/h2-5H,1H3,(H,15,16). The van der Waals surface area contributed by atoms with Gasteiger partial charge in [-0.05, 0) is 19.1 Å². The van der Waals surface area contributed by atoms with Crippen molar-refractivity contribution in [2.75, 3.05) is 0 Å². The molecule has 0 atom stereocenters. The Labute approximate surface area is 89.4 Å². The minimum absolute atomic E-state index is 0.230. The number of nitrogens with zero attached hydrogens (tertiary/aromatic N) is 2. The van der Waals surface area contributed by atoms with E-state index >= 15 is 0 Å². The number of alkyl halides is 3. The fourth-order valence-corrected chi connectivity index (χ4v) is 1.35. The summed E-state index contributed by atoms with van der Waals surface area (Å²) in [7, 11) is 0. The maximum absolute atomic E-state index is 12.4. The number of aryl methyl sites for hydroxylation is 1. The Morgan fingerprint density at radius 2 is 2.00 bits per heavy atom. The number of aromatic amines is 1. The Kier molecular flexibility index (Phi) is 2.41. The van der Waals surface area contributed by atoms with Crippen molar-refractivity contribution in [2.45, 2.75) is 13.1 Å². The number of halogens is 3. The van der Waals surface area contributed by atoms with Crippen molar-refractivity contribution in [1.82, 2.24) is 15.0 Å². The summed E-state index contributed by atoms with van der Waals surface area (Å²) < 4.78 is 37.1. The first-order chi connectivity index (χ1) is 7.48. The highest BCUT2D eigenvalue weighted by atomic mass is 19.4. The Hall–Kier alpha value is -1.85. The van der Waals surface area contributed by atoms with Crippen LogP contribution < -0.4 is 0 Å². The van der Waals surface area contributed by atoms with E-state index < -0.39 is 12.0 Å². The molecule has 0 radical (unpaired) electrons. The molecule has 2 aromatic heterocycles. The molecule has 0 saturated heterocycles. The molecule has 0 unspecified atom stereocenters. The van der Waals surface area contributed by atoms with E-state index in [-0.39, 0.29) is 5.69 Å². The quantitative estimate of drug-likeness (QED) is 0.813. The summed E-state index contributed by atoms with van der Waals surface area (Å²) in [4.78, 5) is 9.67. The van der Waals surface area contributed by atoms with Crippen molar-refractivity contribution < 1.29 is 13.2 Å². The summed E-state index contributed by atoms with van der Waals surface area (Å²) in [6.07, 6.45) is -2.95. The van der Waals surface area contributed by atoms with Gasteiger partial charge in [0.15, 0.2) is 0 Å². The van der Waals surface area contributed by atoms with Gasteiger partial charge in [-0.2, -0.15) is 13.2 Å². The average molecular weight is 227 g/mol. The van der Waals surface area contributed by atoms with Crippen molar-refractivity contribution in [1.29, 1.82) is 0 Å². The third-order valence-electron chi connectivity index (χ3n) is 2.06. The molecular formula is C10H8F3N3. The molecule has 16 heavy (non-hydrogen) atoms. The van der Waals surface area contributed by atoms with Crippen LogP contribution in [0.2, 0.25) is 0 Å². The van der Waals surface area contributed by atoms with E-state index in [1.165, 1.54) is 13.1 Å². The molecule has 0 aliphatic carbocycles. The van der Waals surface area contributed by atoms with Crippen LogP contribution in [0.4, 0.5) is 13.2 Å². The first-order valence-electron chi connectivity index (χ1n) is 4.53. The van der Waals surface area contributed by atoms with Gasteiger partial charge in [-0.1, -0.05) is 6.07 Å². The average Bonchev–Trinajstić information content (AvgIpc) is 2.61. The summed E-state index contributed by atoms with van der Waals surface area (Å²) in [6, 6.07) is 5.00. The highest BCUT2D eigenvalue weighted by Gasteiger charge is 2.35. The van der Waals surface area contributed by atoms with Crippen LogP contribution in [0.1, 0.15) is 11.5 Å². The Morgan fingerprint density at radius 3 is 2.50 bits per heavy atom. The molecule has 3 nitrogen and oxygen atoms in total. The maximum Gasteiger partial charge on any atom is 0.449 e. The molecule has 0 saturated carbocycles. The molecule has 0 amide bonds. The van der Waals surface area contributed by atoms with Crippen molar-refractivity contribution in [2.24, 2.45) is 0 Å². The summed E-state index contributed by atoms with van der Waals surface area (Å²) in [5.74, 6) is -0.995. The van der Waals surface area contributed by atoms with Gasteiger partial charge in [0.05, 0.1) is 5.69 Å². The monoisotopic (exact) mass is 227 g/mol. The first-order valence-corrected chi connectivity index (χ1v) is 4.53. The van der Waals surface area contributed by atoms with Crippen molar-refractivity contribution in [3.8, 4) is 11.4 Å². The minimum atomic E-state index is -4.46. The number of rotatable bonds is 1. The van der Waals surface area contributed by atoms with E-state index in [0.29, 0.717) is 11.4 Å². The van der Waals surface area contributed by atoms with Crippen LogP contribution in [0.15, 0.2) is 24.4 Å². The number of pyridine rings is 1. The van der Waals surface area contributed by atoms with Crippen molar-refractivity contribution in [3.63, 3.8) is 0 Å². The van der Waals surface area contributed by atoms with E-state index in [4.69, 9.17) is 0 Å². The van der Waals surface area contributed by atoms with Crippen LogP contribution >= 0.6 is 0 Å². The second-order valence-corrected chi connectivity index (χ2v) is 3.27. The molecular weight excluding hydrogens is 219 g/mol. The smallest absolute Gasteiger partial charge is 0.338 e. The van der Waals surface area contributed by atoms with Crippen LogP contribution in [0.3, 0.4) is 0 Å². The van der Waals surface area contributed by atoms with E-state index in [0.717, 1.165) is 0 Å². The SMILES string of the molecule is Cc1[nH]c(C(F)(F)F)nc1-c1ccccn1. The molecule has 0 fully saturated rings. The van der Waals surface area contributed by atoms with Gasteiger partial charge in [0.2, 0.25) is 5.82 Å². The number of hydrogen-bond acceptors (Lipinski definition) is 2. The van der Waals surface area contributed by atoms with Gasteiger partial charge < -0.3 is 4.98 Å². The van der Waals surface area contributed by atoms with Crippen LogP contribution in [0.5, 0.6) is 0 Å². The molecule has 1 N–H and O–H groups in total. The van der Waals surface area contributed by atoms with Crippen molar-refractivity contribution >= 4 is 0 Å². The predicted octanol–water partition coefficient (Wildman–Crippen LogP) is 2.80. The summed E-state index contributed by atoms with van der Waals surface area (Å²) in [5, 5.41) is 0. The lowest BCUT2D eigenvalue weighted by Crippen LogP contribution is -2.07. The largest absolute Gasteiger partial charge is 0.449 e. The predicted molar refractivity (Wildman–Crippen MR) is 51.6 cm³/mol. The third kappa shape index (κ3) is 1.91. The van der Waals surface area contributed by atoms with Crippen LogP contribution in [0, 0.1) is 6.92 Å². The molecule has 0 spiro atoms. The summed E-state index contributed by atoms with van der Waals surface area (Å²) in [5.41, 5.74) is 1.01. The van der Waals surface area contributed by atoms with Gasteiger partial charge in [-0.15, -0.1) is 0 Å². The molecule has 2 rings (SSSR count). The molecule has 0 aliphatic rings. The third-order valence-corrected chi connectivity index (χ3v) is 2.06. The number of nitrogens with one attached hydrogen (secondary N) is 1. The number of hydrogen-bond donors (Lipinski definition) is 1. The summed E-state index contributed by atoms with van der Waals surface area (Å²) in [6.45, 7) is 1.53. The van der Waals surface area contributed by atoms with E-state index in [1.807, 2.05) is 0 Å². The van der Waals surface area contributed by atoms with Crippen LogP contribution in [-0.4, -0.2) is 15.0 Å². The highest BCUT2D eigenvalue weighted by Crippen LogP contribution is 2.29. The fourth-order valence-electron chi connectivity index (χ4n) is 1.35. The molecule has 2 aromatic rings. The van der Waals surface area contributed by atoms with Crippen molar-refractivity contribution in [3.05, 3.63) is 35.9 Å². The zero-order chi connectivity index (χ0) is 11.8. The van der Waals surface area contributed by atoms with Gasteiger partial charge >= 0.3 is 6.18 Å². The minimum Gasteiger partial charge on any atom is -0.338 e. The Morgan fingerprint density at radius 1 is 1.25 bits per heavy atom. The lowest BCUT2D eigenvalue weighted by atomic mass is 10.2. The molecule has 0 bridgehead atoms. The van der Waals surface area contributed by atoms with Gasteiger partial charge in [0.25, 0.3) is 0 Å². The second kappa shape index (κ2) is 3.62. The van der Waals surface area contributed by atoms with Gasteiger partial charge in [-0.25, -0.2) is 4.98 Å². The maximum atomic E-state index is 12.4. The van der Waals surface area contributed by atoms with E-state index in [1.54, 1.807) is 18.2 Å². The zero-order valence-corrected chi connectivity index (χ0v) is 8.34. The molecule has 0 aromatic carbocycles. The summed E-state index contributed by atoms with van der Waals surface area (Å²) >= 11 is 0. The Balaban J connectivity index is 2.48. The van der Waals surface area contributed by atoms with Crippen LogP contribution in [0.25, 0.3) is 11.4 Å². The second-order valence-electron chi connectivity index (χ2n) is 3.27. The topological polar surface area (TPSA) is 41.6 Å². The number of imidazole rings is 1. The number of aromatic nitrogens is 3. The zero-order valence-electron chi connectivity index (χ0n) is 8.34. The molecule has 0 aliphatic heterocycles. The molecule has 2 heterocycles. The number of H-pyrrole nitrogens is 1. The van der Waals surface area contributed by atoms with Crippen LogP contribution in [-0.2, 0) is 6.18 Å². The Bertz CT molecular complexity index is 488. The lowest BCUT2D eigenvalue weighted by molar-refractivity contribution is -0.144. The van der Waals surface area contributed by atoms with Gasteiger partial charge in [0.1, 0.15) is 5.69 Å². The molecule has 6 heteroatoms. The van der Waals surface area contributed by atoms with Gasteiger partial charge in [-0.3, -0.25) is 4.98 Å². The molecule has 84 valence electrons. The normalized spacial score (nSPS) is 11.8. The highest BCUT2D eigenvalue weighted by molar-refractivity contribution is 5.57. The van der Waals surface area contributed by atoms with E-state index in [2.05, 4.69) is 15.0 Å². The van der Waals surface area contributed by atoms with E-state index in [9.17, 15) is 13.2 Å². The first kappa shape index (κ1) is 10.7. The van der Waals surface area contributed by atoms with Gasteiger partial charge in [0, 0.05) is 11.9 Å².